The lowest BCUT2D eigenvalue weighted by atomic mass is 10.1. The average molecular weight is 344 g/mol. The second kappa shape index (κ2) is 8.34. The van der Waals surface area contributed by atoms with Crippen LogP contribution in [0.15, 0.2) is 30.3 Å². The van der Waals surface area contributed by atoms with Crippen molar-refractivity contribution in [1.82, 2.24) is 15.5 Å². The molecule has 3 rings (SSSR count). The predicted molar refractivity (Wildman–Crippen MR) is 98.6 cm³/mol. The molecular formula is C19H28N4O2. The van der Waals surface area contributed by atoms with Gasteiger partial charge in [-0.1, -0.05) is 25.1 Å². The summed E-state index contributed by atoms with van der Waals surface area (Å²) in [5.74, 6) is 0.480. The Balaban J connectivity index is 1.42. The quantitative estimate of drug-likeness (QED) is 0.827. The molecule has 2 fully saturated rings. The van der Waals surface area contributed by atoms with Crippen LogP contribution in [-0.4, -0.2) is 55.6 Å². The minimum absolute atomic E-state index is 0.0312. The zero-order valence-electron chi connectivity index (χ0n) is 14.9. The highest BCUT2D eigenvalue weighted by Crippen LogP contribution is 2.21. The van der Waals surface area contributed by atoms with Crippen molar-refractivity contribution in [2.45, 2.75) is 32.2 Å². The molecule has 2 heterocycles. The van der Waals surface area contributed by atoms with E-state index in [-0.39, 0.29) is 11.9 Å². The number of carbonyl (C=O) groups is 2. The van der Waals surface area contributed by atoms with Crippen molar-refractivity contribution in [3.8, 4) is 0 Å². The Bertz CT molecular complexity index is 592. The highest BCUT2D eigenvalue weighted by Gasteiger charge is 2.33. The minimum Gasteiger partial charge on any atom is -0.338 e. The summed E-state index contributed by atoms with van der Waals surface area (Å²) in [5.41, 5.74) is 0.888. The second-order valence-electron chi connectivity index (χ2n) is 6.98. The van der Waals surface area contributed by atoms with Crippen LogP contribution in [0.5, 0.6) is 0 Å². The Labute approximate surface area is 149 Å². The van der Waals surface area contributed by atoms with Crippen molar-refractivity contribution in [2.75, 3.05) is 37.6 Å². The molecule has 0 unspecified atom stereocenters. The number of anilines is 1. The molecular weight excluding hydrogens is 316 g/mol. The molecule has 0 aromatic heterocycles. The van der Waals surface area contributed by atoms with E-state index >= 15 is 0 Å². The maximum absolute atomic E-state index is 12.5. The van der Waals surface area contributed by atoms with Gasteiger partial charge in [0.05, 0.1) is 0 Å². The largest absolute Gasteiger partial charge is 0.338 e. The fourth-order valence-electron chi connectivity index (χ4n) is 3.72. The van der Waals surface area contributed by atoms with Crippen molar-refractivity contribution < 1.29 is 9.59 Å². The number of amides is 3. The van der Waals surface area contributed by atoms with Gasteiger partial charge in [-0.25, -0.2) is 4.79 Å². The number of benzene rings is 1. The van der Waals surface area contributed by atoms with Crippen molar-refractivity contribution in [1.29, 1.82) is 0 Å². The van der Waals surface area contributed by atoms with Crippen LogP contribution in [0.2, 0.25) is 0 Å². The molecule has 6 heteroatoms. The summed E-state index contributed by atoms with van der Waals surface area (Å²) in [6, 6.07) is 8.93. The Morgan fingerprint density at radius 1 is 1.20 bits per heavy atom. The lowest BCUT2D eigenvalue weighted by molar-refractivity contribution is -0.118. The van der Waals surface area contributed by atoms with Crippen molar-refractivity contribution in [3.63, 3.8) is 0 Å². The molecule has 3 amide bonds. The number of hydrogen-bond donors (Lipinski definition) is 2. The molecule has 0 saturated carbocycles. The molecule has 6 nitrogen and oxygen atoms in total. The van der Waals surface area contributed by atoms with Crippen LogP contribution in [0.25, 0.3) is 0 Å². The Morgan fingerprint density at radius 3 is 2.76 bits per heavy atom. The number of urea groups is 1. The van der Waals surface area contributed by atoms with Gasteiger partial charge in [-0.05, 0) is 50.4 Å². The van der Waals surface area contributed by atoms with E-state index in [1.54, 1.807) is 4.90 Å². The maximum atomic E-state index is 12.5. The first kappa shape index (κ1) is 17.7. The van der Waals surface area contributed by atoms with Crippen molar-refractivity contribution >= 4 is 17.6 Å². The maximum Gasteiger partial charge on any atom is 0.315 e. The minimum atomic E-state index is -0.430. The number of para-hydroxylation sites is 1. The molecule has 2 saturated heterocycles. The monoisotopic (exact) mass is 344 g/mol. The van der Waals surface area contributed by atoms with E-state index in [0.29, 0.717) is 25.4 Å². The summed E-state index contributed by atoms with van der Waals surface area (Å²) < 4.78 is 0. The van der Waals surface area contributed by atoms with Gasteiger partial charge in [0, 0.05) is 25.3 Å². The van der Waals surface area contributed by atoms with Gasteiger partial charge in [-0.2, -0.15) is 0 Å². The number of hydrogen-bond acceptors (Lipinski definition) is 3. The van der Waals surface area contributed by atoms with Crippen LogP contribution < -0.4 is 15.5 Å². The van der Waals surface area contributed by atoms with Crippen LogP contribution in [-0.2, 0) is 4.79 Å². The molecule has 136 valence electrons. The average Bonchev–Trinajstić information content (AvgIpc) is 3.22. The molecule has 0 bridgehead atoms. The Kier molecular flexibility index (Phi) is 5.91. The van der Waals surface area contributed by atoms with Gasteiger partial charge < -0.3 is 20.4 Å². The Morgan fingerprint density at radius 2 is 2.00 bits per heavy atom. The van der Waals surface area contributed by atoms with Crippen molar-refractivity contribution in [3.05, 3.63) is 30.3 Å². The third kappa shape index (κ3) is 4.51. The van der Waals surface area contributed by atoms with E-state index in [1.807, 2.05) is 30.3 Å². The van der Waals surface area contributed by atoms with Gasteiger partial charge in [0.2, 0.25) is 5.91 Å². The Hall–Kier alpha value is -2.08. The van der Waals surface area contributed by atoms with Crippen LogP contribution in [0, 0.1) is 5.92 Å². The zero-order valence-corrected chi connectivity index (χ0v) is 14.9. The van der Waals surface area contributed by atoms with Gasteiger partial charge in [0.25, 0.3) is 0 Å². The van der Waals surface area contributed by atoms with E-state index < -0.39 is 6.04 Å². The second-order valence-corrected chi connectivity index (χ2v) is 6.98. The van der Waals surface area contributed by atoms with Crippen LogP contribution >= 0.6 is 0 Å². The standard InChI is InChI=1S/C19H28N4O2/c1-2-10-22-11-8-15(14-22)13-20-19(25)21-17-9-12-23(18(17)24)16-6-4-3-5-7-16/h3-7,15,17H,2,8-14H2,1H3,(H2,20,21,25)/t15-,17+/m1/s1. The molecule has 2 atom stereocenters. The molecule has 1 aromatic carbocycles. The van der Waals surface area contributed by atoms with E-state index in [1.165, 1.54) is 6.42 Å². The van der Waals surface area contributed by atoms with Crippen LogP contribution in [0.1, 0.15) is 26.2 Å². The van der Waals surface area contributed by atoms with Gasteiger partial charge in [0.1, 0.15) is 6.04 Å². The summed E-state index contributed by atoms with van der Waals surface area (Å²) >= 11 is 0. The van der Waals surface area contributed by atoms with Crippen molar-refractivity contribution in [2.24, 2.45) is 5.92 Å². The number of carbonyl (C=O) groups excluding carboxylic acids is 2. The van der Waals surface area contributed by atoms with Gasteiger partial charge in [-0.3, -0.25) is 4.79 Å². The number of likely N-dealkylation sites (tertiary alicyclic amines) is 1. The topological polar surface area (TPSA) is 64.7 Å². The molecule has 0 radical (unpaired) electrons. The smallest absolute Gasteiger partial charge is 0.315 e. The molecule has 1 aromatic rings. The predicted octanol–water partition coefficient (Wildman–Crippen LogP) is 1.82. The highest BCUT2D eigenvalue weighted by atomic mass is 16.2. The third-order valence-electron chi connectivity index (χ3n) is 5.04. The molecule has 0 spiro atoms. The first-order valence-electron chi connectivity index (χ1n) is 9.30. The summed E-state index contributed by atoms with van der Waals surface area (Å²) in [5, 5.41) is 5.78. The summed E-state index contributed by atoms with van der Waals surface area (Å²) in [7, 11) is 0. The van der Waals surface area contributed by atoms with Crippen LogP contribution in [0.4, 0.5) is 10.5 Å². The molecule has 2 aliphatic heterocycles. The van der Waals surface area contributed by atoms with Gasteiger partial charge >= 0.3 is 6.03 Å². The fraction of sp³-hybridized carbons (Fsp3) is 0.579. The van der Waals surface area contributed by atoms with E-state index in [4.69, 9.17) is 0 Å². The first-order valence-corrected chi connectivity index (χ1v) is 9.30. The van der Waals surface area contributed by atoms with Crippen LogP contribution in [0.3, 0.4) is 0 Å². The lowest BCUT2D eigenvalue weighted by Crippen LogP contribution is -2.47. The lowest BCUT2D eigenvalue weighted by Gasteiger charge is -2.18. The molecule has 0 aliphatic carbocycles. The third-order valence-corrected chi connectivity index (χ3v) is 5.04. The van der Waals surface area contributed by atoms with E-state index in [0.717, 1.165) is 31.7 Å². The number of nitrogens with one attached hydrogen (secondary N) is 2. The molecule has 2 aliphatic rings. The van der Waals surface area contributed by atoms with Gasteiger partial charge in [-0.15, -0.1) is 0 Å². The first-order chi connectivity index (χ1) is 12.2. The van der Waals surface area contributed by atoms with E-state index in [2.05, 4.69) is 22.5 Å². The zero-order chi connectivity index (χ0) is 17.6. The number of rotatable bonds is 6. The van der Waals surface area contributed by atoms with E-state index in [9.17, 15) is 9.59 Å². The fourth-order valence-corrected chi connectivity index (χ4v) is 3.72. The SMILES string of the molecule is CCCN1CC[C@H](CNC(=O)N[C@H]2CCN(c3ccccc3)C2=O)C1. The summed E-state index contributed by atoms with van der Waals surface area (Å²) in [4.78, 5) is 28.8. The summed E-state index contributed by atoms with van der Waals surface area (Å²) in [6.07, 6.45) is 2.95. The molecule has 25 heavy (non-hydrogen) atoms. The summed E-state index contributed by atoms with van der Waals surface area (Å²) in [6.45, 7) is 6.82. The van der Waals surface area contributed by atoms with Gasteiger partial charge in [0.15, 0.2) is 0 Å². The molecule has 2 N–H and O–H groups in total. The highest BCUT2D eigenvalue weighted by molar-refractivity contribution is 6.01. The number of nitrogens with zero attached hydrogens (tertiary/aromatic N) is 2. The normalized spacial score (nSPS) is 23.9.